The molecule has 2 saturated heterocycles. The molecule has 3 aromatic rings. The number of aromatic nitrogens is 2. The van der Waals surface area contributed by atoms with Crippen molar-refractivity contribution in [1.29, 1.82) is 0 Å². The van der Waals surface area contributed by atoms with E-state index in [0.717, 1.165) is 66.7 Å². The van der Waals surface area contributed by atoms with Gasteiger partial charge >= 0.3 is 0 Å². The van der Waals surface area contributed by atoms with E-state index in [0.29, 0.717) is 29.4 Å². The van der Waals surface area contributed by atoms with E-state index >= 15 is 0 Å². The number of para-hydroxylation sites is 1. The third-order valence-corrected chi connectivity index (χ3v) is 11.1. The molecule has 10 nitrogen and oxygen atoms in total. The van der Waals surface area contributed by atoms with E-state index in [2.05, 4.69) is 55.6 Å². The van der Waals surface area contributed by atoms with Crippen molar-refractivity contribution in [3.8, 4) is 5.75 Å². The predicted molar refractivity (Wildman–Crippen MR) is 186 cm³/mol. The van der Waals surface area contributed by atoms with Crippen LogP contribution in [0.25, 0.3) is 0 Å². The van der Waals surface area contributed by atoms with Crippen molar-refractivity contribution in [3.05, 3.63) is 53.2 Å². The molecule has 0 bridgehead atoms. The monoisotopic (exact) mass is 652 g/mol. The van der Waals surface area contributed by atoms with Gasteiger partial charge in [-0.15, -0.1) is 0 Å². The van der Waals surface area contributed by atoms with Crippen molar-refractivity contribution in [2.24, 2.45) is 0 Å². The number of likely N-dealkylation sites (N-methyl/N-ethyl adjacent to an activating group) is 1. The zero-order chi connectivity index (χ0) is 31.7. The lowest BCUT2D eigenvalue weighted by atomic mass is 10.0. The van der Waals surface area contributed by atoms with Crippen LogP contribution in [0.4, 0.5) is 34.5 Å². The molecule has 45 heavy (non-hydrogen) atoms. The zero-order valence-electron chi connectivity index (χ0n) is 27.0. The van der Waals surface area contributed by atoms with Crippen LogP contribution in [-0.4, -0.2) is 94.7 Å². The van der Waals surface area contributed by atoms with Crippen LogP contribution in [0.2, 0.25) is 5.02 Å². The minimum atomic E-state index is -1.20. The Morgan fingerprint density at radius 1 is 0.978 bits per heavy atom. The second kappa shape index (κ2) is 13.3. The first-order chi connectivity index (χ1) is 21.6. The maximum Gasteiger partial charge on any atom is 0.229 e. The van der Waals surface area contributed by atoms with E-state index in [-0.39, 0.29) is 4.75 Å². The van der Waals surface area contributed by atoms with Gasteiger partial charge in [-0.05, 0) is 70.8 Å². The fourth-order valence-corrected chi connectivity index (χ4v) is 7.88. The molecule has 0 radical (unpaired) electrons. The summed E-state index contributed by atoms with van der Waals surface area (Å²) in [7, 11) is 2.70. The number of benzene rings is 2. The van der Waals surface area contributed by atoms with Crippen LogP contribution in [0.15, 0.2) is 42.6 Å². The lowest BCUT2D eigenvalue weighted by Gasteiger charge is -2.42. The summed E-state index contributed by atoms with van der Waals surface area (Å²) < 4.78 is 20.8. The lowest BCUT2D eigenvalue weighted by molar-refractivity contribution is 0.0982. The minimum absolute atomic E-state index is 0.381. The van der Waals surface area contributed by atoms with Crippen LogP contribution < -0.4 is 24.6 Å². The van der Waals surface area contributed by atoms with Gasteiger partial charge in [0.15, 0.2) is 5.82 Å². The molecule has 0 spiro atoms. The average molecular weight is 653 g/mol. The number of methoxy groups -OCH3 is 1. The Labute approximate surface area is 274 Å². The maximum atomic E-state index is 13.4. The third-order valence-electron chi connectivity index (χ3n) is 8.99. The van der Waals surface area contributed by atoms with E-state index in [1.54, 1.807) is 13.3 Å². The van der Waals surface area contributed by atoms with Crippen LogP contribution in [0, 0.1) is 0 Å². The van der Waals surface area contributed by atoms with E-state index in [1.807, 2.05) is 43.3 Å². The summed E-state index contributed by atoms with van der Waals surface area (Å²) in [5.41, 5.74) is 4.82. The molecule has 2 fully saturated rings. The van der Waals surface area contributed by atoms with Gasteiger partial charge in [0.25, 0.3) is 0 Å². The van der Waals surface area contributed by atoms with E-state index in [9.17, 15) is 4.21 Å². The molecule has 1 unspecified atom stereocenters. The summed E-state index contributed by atoms with van der Waals surface area (Å²) in [5.74, 6) is 1.58. The molecule has 2 N–H and O–H groups in total. The van der Waals surface area contributed by atoms with E-state index in [4.69, 9.17) is 21.3 Å². The number of fused-ring (bicyclic) bond motifs is 1. The van der Waals surface area contributed by atoms with Gasteiger partial charge in [-0.2, -0.15) is 4.98 Å². The highest BCUT2D eigenvalue weighted by Crippen LogP contribution is 2.41. The Morgan fingerprint density at radius 3 is 2.44 bits per heavy atom. The third kappa shape index (κ3) is 7.01. The molecule has 0 saturated carbocycles. The summed E-state index contributed by atoms with van der Waals surface area (Å²) in [5, 5.41) is 7.12. The van der Waals surface area contributed by atoms with Crippen LogP contribution in [-0.2, 0) is 17.4 Å². The van der Waals surface area contributed by atoms with Crippen molar-refractivity contribution >= 4 is 57.1 Å². The number of hydrogen-bond donors (Lipinski definition) is 2. The summed E-state index contributed by atoms with van der Waals surface area (Å²) >= 11 is 6.58. The second-order valence-electron chi connectivity index (χ2n) is 13.1. The Kier molecular flexibility index (Phi) is 9.42. The molecule has 0 amide bonds. The number of anilines is 6. The van der Waals surface area contributed by atoms with Crippen LogP contribution in [0.1, 0.15) is 39.2 Å². The summed E-state index contributed by atoms with van der Waals surface area (Å²) in [6.45, 7) is 13.4. The zero-order valence-corrected chi connectivity index (χ0v) is 28.5. The number of nitrogens with one attached hydrogen (secondary N) is 2. The van der Waals surface area contributed by atoms with Crippen molar-refractivity contribution in [2.75, 3.05) is 79.8 Å². The van der Waals surface area contributed by atoms with Crippen LogP contribution >= 0.6 is 11.6 Å². The fraction of sp³-hybridized carbons (Fsp3) is 0.515. The number of piperidine rings is 1. The minimum Gasteiger partial charge on any atom is -0.494 e. The molecule has 3 aliphatic rings. The first kappa shape index (κ1) is 31.8. The van der Waals surface area contributed by atoms with E-state index < -0.39 is 11.0 Å². The van der Waals surface area contributed by atoms with Crippen molar-refractivity contribution in [1.82, 2.24) is 19.8 Å². The molecule has 242 valence electrons. The lowest BCUT2D eigenvalue weighted by Crippen LogP contribution is -2.52. The highest BCUT2D eigenvalue weighted by Gasteiger charge is 2.33. The molecule has 12 heteroatoms. The molecule has 1 aromatic heterocycles. The van der Waals surface area contributed by atoms with Crippen LogP contribution in [0.3, 0.4) is 0 Å². The normalized spacial score (nSPS) is 19.0. The van der Waals surface area contributed by atoms with Gasteiger partial charge < -0.3 is 25.2 Å². The number of rotatable bonds is 8. The first-order valence-corrected chi connectivity index (χ1v) is 17.3. The highest BCUT2D eigenvalue weighted by atomic mass is 35.5. The highest BCUT2D eigenvalue weighted by molar-refractivity contribution is 7.87. The number of halogens is 1. The van der Waals surface area contributed by atoms with Gasteiger partial charge in [0, 0.05) is 63.6 Å². The van der Waals surface area contributed by atoms with Gasteiger partial charge in [0.05, 0.1) is 35.1 Å². The average Bonchev–Trinajstić information content (AvgIpc) is 3.47. The smallest absolute Gasteiger partial charge is 0.229 e. The van der Waals surface area contributed by atoms with Crippen molar-refractivity contribution < 1.29 is 8.95 Å². The molecule has 0 aliphatic carbocycles. The Hall–Kier alpha value is -3.12. The summed E-state index contributed by atoms with van der Waals surface area (Å²) in [4.78, 5) is 16.7. The number of ether oxygens (including phenoxy) is 1. The van der Waals surface area contributed by atoms with Gasteiger partial charge in [-0.1, -0.05) is 23.7 Å². The molecular formula is C33H45ClN8O2S. The van der Waals surface area contributed by atoms with Gasteiger partial charge in [-0.25, -0.2) is 9.19 Å². The standard InChI is InChI=1S/C33H45ClN8O2S/c1-33(2,3)45(43)42-16-11-23-7-6-8-28(30(23)42)36-31-26(34)22-35-32(38-31)37-27-10-9-25(21-29(27)44-5)40-14-12-24(13-15-40)41-19-17-39(4)18-20-41/h6-10,21-22,24H,11-20H2,1-5H3,(H2,35,36,37,38). The molecular weight excluding hydrogens is 608 g/mol. The van der Waals surface area contributed by atoms with E-state index in [1.165, 1.54) is 25.9 Å². The Balaban J connectivity index is 1.15. The first-order valence-electron chi connectivity index (χ1n) is 15.8. The van der Waals surface area contributed by atoms with Crippen LogP contribution in [0.5, 0.6) is 5.75 Å². The number of piperazine rings is 1. The number of hydrogen-bond acceptors (Lipinski definition) is 9. The van der Waals surface area contributed by atoms with Gasteiger partial charge in [0.1, 0.15) is 21.8 Å². The predicted octanol–water partition coefficient (Wildman–Crippen LogP) is 5.67. The maximum absolute atomic E-state index is 13.4. The van der Waals surface area contributed by atoms with Gasteiger partial charge in [-0.3, -0.25) is 9.21 Å². The molecule has 2 aromatic carbocycles. The Bertz CT molecular complexity index is 1530. The Morgan fingerprint density at radius 2 is 1.73 bits per heavy atom. The van der Waals surface area contributed by atoms with Crippen molar-refractivity contribution in [2.45, 2.75) is 50.8 Å². The topological polar surface area (TPSA) is 89.1 Å². The molecule has 3 aliphatic heterocycles. The largest absolute Gasteiger partial charge is 0.494 e. The molecule has 1 atom stereocenters. The van der Waals surface area contributed by atoms with Gasteiger partial charge in [0.2, 0.25) is 5.95 Å². The second-order valence-corrected chi connectivity index (χ2v) is 15.7. The summed E-state index contributed by atoms with van der Waals surface area (Å²) in [6, 6.07) is 13.0. The molecule has 4 heterocycles. The van der Waals surface area contributed by atoms with Crippen molar-refractivity contribution in [3.63, 3.8) is 0 Å². The molecule has 6 rings (SSSR count). The summed E-state index contributed by atoms with van der Waals surface area (Å²) in [6.07, 6.45) is 4.77. The SMILES string of the molecule is COc1cc(N2CCC(N3CCN(C)CC3)CC2)ccc1Nc1ncc(Cl)c(Nc2cccc3c2N(S(=O)C(C)(C)C)CC3)n1. The quantitative estimate of drug-likeness (QED) is 0.320. The number of nitrogens with zero attached hydrogens (tertiary/aromatic N) is 6. The fourth-order valence-electron chi connectivity index (χ4n) is 6.44.